The second-order valence-electron chi connectivity index (χ2n) is 5.59. The summed E-state index contributed by atoms with van der Waals surface area (Å²) in [4.78, 5) is 12.2. The van der Waals surface area contributed by atoms with E-state index in [1.807, 2.05) is 45.0 Å². The molecule has 0 N–H and O–H groups in total. The molecule has 17 heavy (non-hydrogen) atoms. The van der Waals surface area contributed by atoms with Crippen molar-refractivity contribution < 1.29 is 9.53 Å². The monoisotopic (exact) mass is 296 g/mol. The van der Waals surface area contributed by atoms with E-state index in [9.17, 15) is 4.79 Å². The van der Waals surface area contributed by atoms with E-state index in [0.717, 1.165) is 22.9 Å². The fraction of sp³-hybridized carbons (Fsp3) is 0.500. The van der Waals surface area contributed by atoms with Crippen LogP contribution in [0, 0.1) is 0 Å². The first-order valence-corrected chi connectivity index (χ1v) is 6.62. The molecule has 0 atom stereocenters. The molecule has 1 saturated carbocycles. The molecule has 0 spiro atoms. The number of carbonyl (C=O) groups is 1. The first-order chi connectivity index (χ1) is 7.83. The standard InChI is InChI=1S/C14H17BrO2/c1-13(2,3)17-12(16)14(8-9-14)10-4-6-11(15)7-5-10/h4-7H,8-9H2,1-3H3. The average Bonchev–Trinajstić information content (AvgIpc) is 2.97. The maximum Gasteiger partial charge on any atom is 0.317 e. The molecule has 1 aliphatic carbocycles. The second-order valence-corrected chi connectivity index (χ2v) is 6.51. The summed E-state index contributed by atoms with van der Waals surface area (Å²) in [5, 5.41) is 0. The van der Waals surface area contributed by atoms with Gasteiger partial charge in [0.25, 0.3) is 0 Å². The van der Waals surface area contributed by atoms with Crippen LogP contribution in [0.3, 0.4) is 0 Å². The lowest BCUT2D eigenvalue weighted by Crippen LogP contribution is -2.31. The van der Waals surface area contributed by atoms with E-state index < -0.39 is 5.60 Å². The van der Waals surface area contributed by atoms with Crippen molar-refractivity contribution in [1.29, 1.82) is 0 Å². The zero-order valence-corrected chi connectivity index (χ0v) is 12.0. The Morgan fingerprint density at radius 1 is 1.24 bits per heavy atom. The summed E-state index contributed by atoms with van der Waals surface area (Å²) < 4.78 is 6.53. The summed E-state index contributed by atoms with van der Waals surface area (Å²) in [6.45, 7) is 5.72. The summed E-state index contributed by atoms with van der Waals surface area (Å²) in [7, 11) is 0. The lowest BCUT2D eigenvalue weighted by molar-refractivity contribution is -0.158. The highest BCUT2D eigenvalue weighted by molar-refractivity contribution is 9.10. The molecular weight excluding hydrogens is 280 g/mol. The van der Waals surface area contributed by atoms with Crippen LogP contribution in [0.5, 0.6) is 0 Å². The van der Waals surface area contributed by atoms with Crippen molar-refractivity contribution >= 4 is 21.9 Å². The van der Waals surface area contributed by atoms with Crippen LogP contribution in [0.1, 0.15) is 39.2 Å². The van der Waals surface area contributed by atoms with Crippen molar-refractivity contribution in [2.24, 2.45) is 0 Å². The zero-order chi connectivity index (χ0) is 12.7. The third-order valence-electron chi connectivity index (χ3n) is 2.94. The highest BCUT2D eigenvalue weighted by Gasteiger charge is 2.53. The van der Waals surface area contributed by atoms with Gasteiger partial charge in [-0.2, -0.15) is 0 Å². The number of halogens is 1. The first-order valence-electron chi connectivity index (χ1n) is 5.83. The smallest absolute Gasteiger partial charge is 0.317 e. The summed E-state index contributed by atoms with van der Waals surface area (Å²) in [5.74, 6) is -0.0904. The molecule has 92 valence electrons. The van der Waals surface area contributed by atoms with E-state index in [1.165, 1.54) is 0 Å². The molecule has 0 heterocycles. The highest BCUT2D eigenvalue weighted by Crippen LogP contribution is 2.49. The van der Waals surface area contributed by atoms with Crippen LogP contribution in [-0.2, 0) is 14.9 Å². The van der Waals surface area contributed by atoms with Gasteiger partial charge >= 0.3 is 5.97 Å². The van der Waals surface area contributed by atoms with Crippen LogP contribution in [0.2, 0.25) is 0 Å². The van der Waals surface area contributed by atoms with Crippen LogP contribution >= 0.6 is 15.9 Å². The SMILES string of the molecule is CC(C)(C)OC(=O)C1(c2ccc(Br)cc2)CC1. The molecule has 0 bridgehead atoms. The van der Waals surface area contributed by atoms with Crippen molar-refractivity contribution in [1.82, 2.24) is 0 Å². The molecular formula is C14H17BrO2. The molecule has 1 fully saturated rings. The molecule has 1 aliphatic rings. The Morgan fingerprint density at radius 3 is 2.18 bits per heavy atom. The summed E-state index contributed by atoms with van der Waals surface area (Å²) in [6, 6.07) is 7.95. The summed E-state index contributed by atoms with van der Waals surface area (Å²) in [5.41, 5.74) is 0.269. The Labute approximate surface area is 110 Å². The predicted octanol–water partition coefficient (Wildman–Crippen LogP) is 3.82. The minimum Gasteiger partial charge on any atom is -0.459 e. The van der Waals surface area contributed by atoms with Crippen molar-refractivity contribution in [2.75, 3.05) is 0 Å². The Kier molecular flexibility index (Phi) is 3.06. The molecule has 1 aromatic rings. The van der Waals surface area contributed by atoms with Crippen LogP contribution in [-0.4, -0.2) is 11.6 Å². The van der Waals surface area contributed by atoms with Gasteiger partial charge < -0.3 is 4.74 Å². The third kappa shape index (κ3) is 2.71. The maximum absolute atomic E-state index is 12.2. The van der Waals surface area contributed by atoms with Gasteiger partial charge in [0, 0.05) is 4.47 Å². The molecule has 0 aromatic heterocycles. The van der Waals surface area contributed by atoms with Gasteiger partial charge in [-0.3, -0.25) is 4.79 Å². The quantitative estimate of drug-likeness (QED) is 0.776. The fourth-order valence-corrected chi connectivity index (χ4v) is 2.14. The van der Waals surface area contributed by atoms with Gasteiger partial charge in [0.05, 0.1) is 5.41 Å². The number of hydrogen-bond donors (Lipinski definition) is 0. The minimum absolute atomic E-state index is 0.0904. The number of esters is 1. The lowest BCUT2D eigenvalue weighted by Gasteiger charge is -2.24. The van der Waals surface area contributed by atoms with Gasteiger partial charge in [-0.05, 0) is 51.3 Å². The average molecular weight is 297 g/mol. The van der Waals surface area contributed by atoms with Crippen LogP contribution in [0.25, 0.3) is 0 Å². The van der Waals surface area contributed by atoms with Gasteiger partial charge in [0.1, 0.15) is 5.60 Å². The van der Waals surface area contributed by atoms with E-state index in [4.69, 9.17) is 4.74 Å². The second kappa shape index (κ2) is 4.13. The van der Waals surface area contributed by atoms with Gasteiger partial charge in [0.15, 0.2) is 0 Å². The normalized spacial score (nSPS) is 17.6. The Hall–Kier alpha value is -0.830. The number of benzene rings is 1. The summed E-state index contributed by atoms with van der Waals surface area (Å²) >= 11 is 3.40. The maximum atomic E-state index is 12.2. The molecule has 3 heteroatoms. The van der Waals surface area contributed by atoms with Gasteiger partial charge in [-0.25, -0.2) is 0 Å². The Morgan fingerprint density at radius 2 is 1.76 bits per heavy atom. The van der Waals surface area contributed by atoms with E-state index in [2.05, 4.69) is 15.9 Å². The predicted molar refractivity (Wildman–Crippen MR) is 70.9 cm³/mol. The third-order valence-corrected chi connectivity index (χ3v) is 3.47. The molecule has 0 aliphatic heterocycles. The van der Waals surface area contributed by atoms with Crippen molar-refractivity contribution in [3.8, 4) is 0 Å². The molecule has 0 amide bonds. The zero-order valence-electron chi connectivity index (χ0n) is 10.4. The molecule has 0 unspecified atom stereocenters. The largest absolute Gasteiger partial charge is 0.459 e. The van der Waals surface area contributed by atoms with Gasteiger partial charge in [-0.15, -0.1) is 0 Å². The number of carbonyl (C=O) groups excluding carboxylic acids is 1. The number of ether oxygens (including phenoxy) is 1. The van der Waals surface area contributed by atoms with E-state index in [1.54, 1.807) is 0 Å². The highest BCUT2D eigenvalue weighted by atomic mass is 79.9. The van der Waals surface area contributed by atoms with Crippen LogP contribution in [0.15, 0.2) is 28.7 Å². The molecule has 1 aromatic carbocycles. The first kappa shape index (κ1) is 12.6. The minimum atomic E-state index is -0.415. The van der Waals surface area contributed by atoms with Crippen LogP contribution < -0.4 is 0 Å². The van der Waals surface area contributed by atoms with Crippen molar-refractivity contribution in [3.63, 3.8) is 0 Å². The molecule has 2 rings (SSSR count). The number of rotatable bonds is 2. The number of hydrogen-bond acceptors (Lipinski definition) is 2. The van der Waals surface area contributed by atoms with Gasteiger partial charge in [0.2, 0.25) is 0 Å². The fourth-order valence-electron chi connectivity index (χ4n) is 1.88. The lowest BCUT2D eigenvalue weighted by atomic mass is 9.96. The Bertz CT molecular complexity index is 425. The van der Waals surface area contributed by atoms with Gasteiger partial charge in [-0.1, -0.05) is 28.1 Å². The van der Waals surface area contributed by atoms with Crippen molar-refractivity contribution in [2.45, 2.75) is 44.6 Å². The Balaban J connectivity index is 2.20. The van der Waals surface area contributed by atoms with Crippen molar-refractivity contribution in [3.05, 3.63) is 34.3 Å². The van der Waals surface area contributed by atoms with E-state index in [0.29, 0.717) is 0 Å². The topological polar surface area (TPSA) is 26.3 Å². The molecule has 0 radical (unpaired) electrons. The van der Waals surface area contributed by atoms with Crippen LogP contribution in [0.4, 0.5) is 0 Å². The molecule has 0 saturated heterocycles. The molecule has 2 nitrogen and oxygen atoms in total. The summed E-state index contributed by atoms with van der Waals surface area (Å²) in [6.07, 6.45) is 1.78. The van der Waals surface area contributed by atoms with E-state index >= 15 is 0 Å². The van der Waals surface area contributed by atoms with E-state index in [-0.39, 0.29) is 11.4 Å².